The summed E-state index contributed by atoms with van der Waals surface area (Å²) in [7, 11) is 0.659. The van der Waals surface area contributed by atoms with Gasteiger partial charge in [-0.25, -0.2) is 0 Å². The van der Waals surface area contributed by atoms with Crippen LogP contribution in [-0.2, 0) is 0 Å². The van der Waals surface area contributed by atoms with Gasteiger partial charge in [-0.15, -0.1) is 15.8 Å². The SMILES string of the molecule is CCCCCCCCP(CCCCCCCC)CCCCCP(CCCCCCCC)CCCCCCCC. The maximum atomic E-state index is 2.34. The molecule has 0 aromatic carbocycles. The average molecular weight is 585 g/mol. The fraction of sp³-hybridized carbons (Fsp3) is 1.00. The molecule has 0 unspecified atom stereocenters. The number of rotatable bonds is 34. The Morgan fingerprint density at radius 2 is 0.359 bits per heavy atom. The Labute approximate surface area is 253 Å². The van der Waals surface area contributed by atoms with Gasteiger partial charge in [-0.1, -0.05) is 163 Å². The van der Waals surface area contributed by atoms with Crippen LogP contribution in [-0.4, -0.2) is 37.0 Å². The van der Waals surface area contributed by atoms with Crippen molar-refractivity contribution in [3.63, 3.8) is 0 Å². The molecule has 0 nitrogen and oxygen atoms in total. The van der Waals surface area contributed by atoms with Crippen LogP contribution in [0.5, 0.6) is 0 Å². The molecule has 0 saturated carbocycles. The van der Waals surface area contributed by atoms with Crippen LogP contribution >= 0.6 is 15.8 Å². The van der Waals surface area contributed by atoms with Gasteiger partial charge in [0, 0.05) is 0 Å². The Morgan fingerprint density at radius 1 is 0.205 bits per heavy atom. The third-order valence-electron chi connectivity index (χ3n) is 8.76. The van der Waals surface area contributed by atoms with Gasteiger partial charge in [0.25, 0.3) is 0 Å². The molecule has 0 spiro atoms. The van der Waals surface area contributed by atoms with Crippen LogP contribution in [0.1, 0.15) is 201 Å². The van der Waals surface area contributed by atoms with Crippen molar-refractivity contribution in [2.45, 2.75) is 201 Å². The van der Waals surface area contributed by atoms with Crippen molar-refractivity contribution in [2.75, 3.05) is 37.0 Å². The molecule has 0 aliphatic rings. The summed E-state index contributed by atoms with van der Waals surface area (Å²) in [6.45, 7) is 9.36. The highest BCUT2D eigenvalue weighted by Crippen LogP contribution is 2.41. The summed E-state index contributed by atoms with van der Waals surface area (Å²) in [6.07, 6.45) is 49.6. The van der Waals surface area contributed by atoms with Crippen molar-refractivity contribution in [3.05, 3.63) is 0 Å². The predicted octanol–water partition coefficient (Wildman–Crippen LogP) is 14.6. The van der Waals surface area contributed by atoms with Crippen molar-refractivity contribution in [2.24, 2.45) is 0 Å². The van der Waals surface area contributed by atoms with Crippen LogP contribution in [0.4, 0.5) is 0 Å². The quantitative estimate of drug-likeness (QED) is 0.0521. The molecule has 0 saturated heterocycles. The van der Waals surface area contributed by atoms with Crippen LogP contribution in [0, 0.1) is 0 Å². The van der Waals surface area contributed by atoms with E-state index in [0.717, 1.165) is 0 Å². The maximum Gasteiger partial charge on any atom is -0.0326 e. The third kappa shape index (κ3) is 31.6. The summed E-state index contributed by atoms with van der Waals surface area (Å²) >= 11 is 0. The van der Waals surface area contributed by atoms with E-state index in [-0.39, 0.29) is 0 Å². The molecule has 0 fully saturated rings. The van der Waals surface area contributed by atoms with Gasteiger partial charge in [0.15, 0.2) is 0 Å². The molecule has 0 N–H and O–H groups in total. The summed E-state index contributed by atoms with van der Waals surface area (Å²) in [5.74, 6) is 0. The lowest BCUT2D eigenvalue weighted by atomic mass is 10.1. The molecule has 0 atom stereocenters. The first kappa shape index (κ1) is 39.9. The van der Waals surface area contributed by atoms with Crippen LogP contribution in [0.3, 0.4) is 0 Å². The second-order valence-corrected chi connectivity index (χ2v) is 18.2. The molecule has 0 aromatic rings. The lowest BCUT2D eigenvalue weighted by molar-refractivity contribution is 0.621. The average Bonchev–Trinajstić information content (AvgIpc) is 2.95. The van der Waals surface area contributed by atoms with Gasteiger partial charge in [-0.2, -0.15) is 0 Å². The predicted molar refractivity (Wildman–Crippen MR) is 190 cm³/mol. The molecule has 0 aliphatic heterocycles. The second kappa shape index (κ2) is 35.1. The molecule has 236 valence electrons. The van der Waals surface area contributed by atoms with Crippen LogP contribution < -0.4 is 0 Å². The van der Waals surface area contributed by atoms with Gasteiger partial charge in [-0.05, 0) is 75.5 Å². The summed E-state index contributed by atoms with van der Waals surface area (Å²) in [6, 6.07) is 0. The van der Waals surface area contributed by atoms with E-state index < -0.39 is 0 Å². The van der Waals surface area contributed by atoms with E-state index in [1.165, 1.54) is 161 Å². The summed E-state index contributed by atoms with van der Waals surface area (Å²) in [4.78, 5) is 0. The van der Waals surface area contributed by atoms with E-state index in [4.69, 9.17) is 0 Å². The monoisotopic (exact) mass is 585 g/mol. The first-order chi connectivity index (χ1) is 19.3. The zero-order valence-electron chi connectivity index (χ0n) is 28.2. The second-order valence-electron chi connectivity index (χ2n) is 12.8. The molecule has 39 heavy (non-hydrogen) atoms. The Bertz CT molecular complexity index is 354. The van der Waals surface area contributed by atoms with Crippen molar-refractivity contribution in [3.8, 4) is 0 Å². The van der Waals surface area contributed by atoms with Gasteiger partial charge in [0.05, 0.1) is 0 Å². The number of hydrogen-bond acceptors (Lipinski definition) is 0. The summed E-state index contributed by atoms with van der Waals surface area (Å²) in [5.41, 5.74) is 0. The Morgan fingerprint density at radius 3 is 0.564 bits per heavy atom. The van der Waals surface area contributed by atoms with Crippen molar-refractivity contribution < 1.29 is 0 Å². The van der Waals surface area contributed by atoms with E-state index in [0.29, 0.717) is 15.8 Å². The lowest BCUT2D eigenvalue weighted by Crippen LogP contribution is -1.99. The van der Waals surface area contributed by atoms with Gasteiger partial charge in [-0.3, -0.25) is 0 Å². The van der Waals surface area contributed by atoms with Gasteiger partial charge < -0.3 is 0 Å². The van der Waals surface area contributed by atoms with Crippen molar-refractivity contribution in [1.82, 2.24) is 0 Å². The highest BCUT2D eigenvalue weighted by atomic mass is 31.1. The minimum atomic E-state index is 0.330. The minimum Gasteiger partial charge on any atom is -0.107 e. The molecule has 0 aliphatic carbocycles. The van der Waals surface area contributed by atoms with Crippen LogP contribution in [0.2, 0.25) is 0 Å². The van der Waals surface area contributed by atoms with Gasteiger partial charge in [0.1, 0.15) is 0 Å². The largest absolute Gasteiger partial charge is 0.107 e. The standard InChI is InChI=1S/C37H78P2/c1-5-9-13-17-21-26-32-38(33-27-22-18-14-10-6-2)36-30-25-31-37-39(34-28-23-19-15-11-7-3)35-29-24-20-16-12-8-4/h5-37H2,1-4H3. The molecule has 0 bridgehead atoms. The smallest absolute Gasteiger partial charge is 0.0326 e. The van der Waals surface area contributed by atoms with Crippen LogP contribution in [0.25, 0.3) is 0 Å². The van der Waals surface area contributed by atoms with E-state index in [9.17, 15) is 0 Å². The molecule has 0 aromatic heterocycles. The summed E-state index contributed by atoms with van der Waals surface area (Å²) < 4.78 is 0. The van der Waals surface area contributed by atoms with Gasteiger partial charge >= 0.3 is 0 Å². The molecule has 0 amide bonds. The topological polar surface area (TPSA) is 0 Å². The van der Waals surface area contributed by atoms with Gasteiger partial charge in [0.2, 0.25) is 0 Å². The van der Waals surface area contributed by atoms with E-state index in [1.807, 2.05) is 0 Å². The van der Waals surface area contributed by atoms with Crippen molar-refractivity contribution in [1.29, 1.82) is 0 Å². The Kier molecular flexibility index (Phi) is 35.8. The zero-order valence-corrected chi connectivity index (χ0v) is 30.0. The number of unbranched alkanes of at least 4 members (excludes halogenated alkanes) is 22. The Hall–Kier alpha value is 0.860. The highest BCUT2D eigenvalue weighted by molar-refractivity contribution is 7.57. The summed E-state index contributed by atoms with van der Waals surface area (Å²) in [5, 5.41) is 0. The molecule has 2 heteroatoms. The molecule has 0 rings (SSSR count). The van der Waals surface area contributed by atoms with Crippen molar-refractivity contribution >= 4 is 15.8 Å². The zero-order chi connectivity index (χ0) is 28.5. The fourth-order valence-corrected chi connectivity index (χ4v) is 11.3. The minimum absolute atomic E-state index is 0.330. The molecular weight excluding hydrogens is 506 g/mol. The maximum absolute atomic E-state index is 2.34. The third-order valence-corrected chi connectivity index (χ3v) is 14.5. The van der Waals surface area contributed by atoms with E-state index in [1.54, 1.807) is 49.8 Å². The highest BCUT2D eigenvalue weighted by Gasteiger charge is 2.10. The first-order valence-corrected chi connectivity index (χ1v) is 22.5. The molecule has 0 heterocycles. The fourth-order valence-electron chi connectivity index (χ4n) is 5.98. The van der Waals surface area contributed by atoms with Crippen LogP contribution in [0.15, 0.2) is 0 Å². The Balaban J connectivity index is 4.30. The molecular formula is C37H78P2. The number of hydrogen-bond donors (Lipinski definition) is 0. The lowest BCUT2D eigenvalue weighted by Gasteiger charge is -2.20. The van der Waals surface area contributed by atoms with E-state index >= 15 is 0 Å². The first-order valence-electron chi connectivity index (χ1n) is 18.7. The normalized spacial score (nSPS) is 11.8. The molecule has 0 radical (unpaired) electrons. The van der Waals surface area contributed by atoms with E-state index in [2.05, 4.69) is 27.7 Å².